The van der Waals surface area contributed by atoms with Crippen LogP contribution in [0.1, 0.15) is 18.4 Å². The number of nitrogens with zero attached hydrogens (tertiary/aromatic N) is 2. The standard InChI is InChI=1S/C17H20ClN3/c18-16-11-15(19)12-17(20-16)21-8-6-14(7-9-21)10-13-4-2-1-3-5-13/h1-5,11-12,14H,6-10H2,(H2,19,20). The van der Waals surface area contributed by atoms with Gasteiger partial charge in [-0.2, -0.15) is 0 Å². The molecule has 0 saturated carbocycles. The molecule has 0 radical (unpaired) electrons. The van der Waals surface area contributed by atoms with Crippen molar-refractivity contribution >= 4 is 23.1 Å². The van der Waals surface area contributed by atoms with Crippen molar-refractivity contribution in [3.05, 3.63) is 53.2 Å². The third-order valence-corrected chi connectivity index (χ3v) is 4.30. The van der Waals surface area contributed by atoms with Crippen molar-refractivity contribution in [1.29, 1.82) is 0 Å². The predicted octanol–water partition coefficient (Wildman–Crippen LogP) is 3.78. The molecule has 1 aliphatic heterocycles. The Morgan fingerprint density at radius 3 is 2.52 bits per heavy atom. The summed E-state index contributed by atoms with van der Waals surface area (Å²) in [5.74, 6) is 1.65. The van der Waals surface area contributed by atoms with Gasteiger partial charge in [-0.3, -0.25) is 0 Å². The lowest BCUT2D eigenvalue weighted by molar-refractivity contribution is 0.402. The number of hydrogen-bond acceptors (Lipinski definition) is 3. The molecule has 0 aliphatic carbocycles. The fraction of sp³-hybridized carbons (Fsp3) is 0.353. The van der Waals surface area contributed by atoms with Crippen molar-refractivity contribution in [2.75, 3.05) is 23.7 Å². The van der Waals surface area contributed by atoms with Crippen LogP contribution in [0.25, 0.3) is 0 Å². The molecule has 110 valence electrons. The van der Waals surface area contributed by atoms with E-state index >= 15 is 0 Å². The second kappa shape index (κ2) is 6.35. The average molecular weight is 302 g/mol. The van der Waals surface area contributed by atoms with E-state index < -0.39 is 0 Å². The molecule has 0 bridgehead atoms. The van der Waals surface area contributed by atoms with Gasteiger partial charge in [0.2, 0.25) is 0 Å². The van der Waals surface area contributed by atoms with Crippen molar-refractivity contribution in [2.24, 2.45) is 5.92 Å². The first-order valence-corrected chi connectivity index (χ1v) is 7.80. The Hall–Kier alpha value is -1.74. The Balaban J connectivity index is 1.60. The predicted molar refractivity (Wildman–Crippen MR) is 88.7 cm³/mol. The van der Waals surface area contributed by atoms with Crippen LogP contribution in [0, 0.1) is 5.92 Å². The van der Waals surface area contributed by atoms with E-state index in [9.17, 15) is 0 Å². The van der Waals surface area contributed by atoms with Crippen LogP contribution in [0.4, 0.5) is 11.5 Å². The first kappa shape index (κ1) is 14.2. The largest absolute Gasteiger partial charge is 0.399 e. The maximum atomic E-state index is 5.99. The minimum atomic E-state index is 0.469. The lowest BCUT2D eigenvalue weighted by Crippen LogP contribution is -2.34. The lowest BCUT2D eigenvalue weighted by atomic mass is 9.90. The number of piperidine rings is 1. The van der Waals surface area contributed by atoms with Gasteiger partial charge in [0.15, 0.2) is 0 Å². The molecule has 1 fully saturated rings. The molecular formula is C17H20ClN3. The average Bonchev–Trinajstić information content (AvgIpc) is 2.48. The number of nitrogen functional groups attached to an aromatic ring is 1. The highest BCUT2D eigenvalue weighted by atomic mass is 35.5. The van der Waals surface area contributed by atoms with Gasteiger partial charge in [0, 0.05) is 24.8 Å². The van der Waals surface area contributed by atoms with Gasteiger partial charge in [-0.1, -0.05) is 41.9 Å². The second-order valence-corrected chi connectivity index (χ2v) is 6.09. The van der Waals surface area contributed by atoms with Crippen LogP contribution in [0.2, 0.25) is 5.15 Å². The molecule has 21 heavy (non-hydrogen) atoms. The molecule has 2 N–H and O–H groups in total. The van der Waals surface area contributed by atoms with Crippen LogP contribution in [0.5, 0.6) is 0 Å². The molecule has 0 amide bonds. The Morgan fingerprint density at radius 1 is 1.14 bits per heavy atom. The van der Waals surface area contributed by atoms with Crippen molar-refractivity contribution in [3.8, 4) is 0 Å². The van der Waals surface area contributed by atoms with Crippen LogP contribution in [0.15, 0.2) is 42.5 Å². The summed E-state index contributed by atoms with van der Waals surface area (Å²) in [6.07, 6.45) is 3.53. The summed E-state index contributed by atoms with van der Waals surface area (Å²) in [6, 6.07) is 14.3. The zero-order valence-corrected chi connectivity index (χ0v) is 12.8. The lowest BCUT2D eigenvalue weighted by Gasteiger charge is -2.33. The zero-order valence-electron chi connectivity index (χ0n) is 12.0. The Bertz CT molecular complexity index is 572. The van der Waals surface area contributed by atoms with Crippen molar-refractivity contribution in [1.82, 2.24) is 4.98 Å². The van der Waals surface area contributed by atoms with E-state index in [1.165, 1.54) is 24.8 Å². The van der Waals surface area contributed by atoms with Gasteiger partial charge >= 0.3 is 0 Å². The number of aromatic nitrogens is 1. The highest BCUT2D eigenvalue weighted by molar-refractivity contribution is 6.29. The number of rotatable bonds is 3. The monoisotopic (exact) mass is 301 g/mol. The number of anilines is 2. The number of benzene rings is 1. The van der Waals surface area contributed by atoms with Crippen LogP contribution in [-0.2, 0) is 6.42 Å². The number of pyridine rings is 1. The van der Waals surface area contributed by atoms with Crippen LogP contribution >= 0.6 is 11.6 Å². The Morgan fingerprint density at radius 2 is 1.86 bits per heavy atom. The normalized spacial score (nSPS) is 16.1. The Labute approximate surface area is 130 Å². The summed E-state index contributed by atoms with van der Waals surface area (Å²) in [4.78, 5) is 6.66. The minimum absolute atomic E-state index is 0.469. The van der Waals surface area contributed by atoms with E-state index in [0.29, 0.717) is 10.8 Å². The van der Waals surface area contributed by atoms with Gasteiger partial charge in [0.25, 0.3) is 0 Å². The molecule has 1 aromatic heterocycles. The van der Waals surface area contributed by atoms with Crippen LogP contribution in [-0.4, -0.2) is 18.1 Å². The molecular weight excluding hydrogens is 282 g/mol. The van der Waals surface area contributed by atoms with Gasteiger partial charge in [-0.25, -0.2) is 4.98 Å². The molecule has 4 heteroatoms. The molecule has 1 aliphatic rings. The summed E-state index contributed by atoms with van der Waals surface area (Å²) in [7, 11) is 0. The smallest absolute Gasteiger partial charge is 0.133 e. The third kappa shape index (κ3) is 3.67. The summed E-state index contributed by atoms with van der Waals surface area (Å²) in [5, 5.41) is 0.469. The molecule has 1 saturated heterocycles. The van der Waals surface area contributed by atoms with Gasteiger partial charge in [0.05, 0.1) is 0 Å². The second-order valence-electron chi connectivity index (χ2n) is 5.70. The molecule has 2 heterocycles. The molecule has 0 atom stereocenters. The van der Waals surface area contributed by atoms with E-state index in [0.717, 1.165) is 24.8 Å². The topological polar surface area (TPSA) is 42.1 Å². The highest BCUT2D eigenvalue weighted by Gasteiger charge is 2.20. The van der Waals surface area contributed by atoms with Crippen molar-refractivity contribution in [2.45, 2.75) is 19.3 Å². The first-order chi connectivity index (χ1) is 10.2. The molecule has 1 aromatic carbocycles. The van der Waals surface area contributed by atoms with E-state index in [4.69, 9.17) is 17.3 Å². The number of halogens is 1. The summed E-state index contributed by atoms with van der Waals surface area (Å²) >= 11 is 5.99. The molecule has 0 unspecified atom stereocenters. The number of hydrogen-bond donors (Lipinski definition) is 1. The quantitative estimate of drug-likeness (QED) is 0.877. The fourth-order valence-corrected chi connectivity index (χ4v) is 3.19. The summed E-state index contributed by atoms with van der Waals surface area (Å²) < 4.78 is 0. The maximum absolute atomic E-state index is 5.99. The van der Waals surface area contributed by atoms with E-state index in [1.54, 1.807) is 6.07 Å². The first-order valence-electron chi connectivity index (χ1n) is 7.42. The third-order valence-electron chi connectivity index (χ3n) is 4.11. The molecule has 3 rings (SSSR count). The van der Waals surface area contributed by atoms with Gasteiger partial charge in [-0.15, -0.1) is 0 Å². The van der Waals surface area contributed by atoms with Gasteiger partial charge < -0.3 is 10.6 Å². The van der Waals surface area contributed by atoms with Gasteiger partial charge in [0.1, 0.15) is 11.0 Å². The van der Waals surface area contributed by atoms with E-state index in [1.807, 2.05) is 6.07 Å². The summed E-state index contributed by atoms with van der Waals surface area (Å²) in [6.45, 7) is 2.04. The van der Waals surface area contributed by atoms with Crippen molar-refractivity contribution in [3.63, 3.8) is 0 Å². The van der Waals surface area contributed by atoms with E-state index in [2.05, 4.69) is 40.2 Å². The molecule has 2 aromatic rings. The van der Waals surface area contributed by atoms with Crippen molar-refractivity contribution < 1.29 is 0 Å². The van der Waals surface area contributed by atoms with Gasteiger partial charge in [-0.05, 0) is 36.8 Å². The van der Waals surface area contributed by atoms with Crippen LogP contribution in [0.3, 0.4) is 0 Å². The fourth-order valence-electron chi connectivity index (χ4n) is 2.98. The Kier molecular flexibility index (Phi) is 4.30. The minimum Gasteiger partial charge on any atom is -0.399 e. The molecule has 0 spiro atoms. The SMILES string of the molecule is Nc1cc(Cl)nc(N2CCC(Cc3ccccc3)CC2)c1. The van der Waals surface area contributed by atoms with Crippen LogP contribution < -0.4 is 10.6 Å². The molecule has 3 nitrogen and oxygen atoms in total. The van der Waals surface area contributed by atoms with E-state index in [-0.39, 0.29) is 0 Å². The highest BCUT2D eigenvalue weighted by Crippen LogP contribution is 2.26. The summed E-state index contributed by atoms with van der Waals surface area (Å²) in [5.41, 5.74) is 7.95. The maximum Gasteiger partial charge on any atom is 0.133 e. The number of nitrogens with two attached hydrogens (primary N) is 1. The zero-order chi connectivity index (χ0) is 14.7.